The molecular weight excluding hydrogens is 953 g/mol. The first-order valence-electron chi connectivity index (χ1n) is 13.8. The third-order valence-corrected chi connectivity index (χ3v) is 7.71. The van der Waals surface area contributed by atoms with Crippen LogP contribution in [0.5, 0.6) is 0 Å². The van der Waals surface area contributed by atoms with Crippen molar-refractivity contribution in [3.8, 4) is 0 Å². The molecule has 24 heteroatoms. The molecule has 0 saturated carbocycles. The average molecular weight is 978 g/mol. The van der Waals surface area contributed by atoms with Crippen molar-refractivity contribution in [2.24, 2.45) is 0 Å². The fraction of sp³-hybridized carbons (Fsp3) is 0.0667. The molecule has 20 nitrogen and oxygen atoms in total. The quantitative estimate of drug-likeness (QED) is 0.0710. The van der Waals surface area contributed by atoms with Gasteiger partial charge in [-0.3, -0.25) is 19.9 Å². The van der Waals surface area contributed by atoms with E-state index < -0.39 is 20.3 Å². The van der Waals surface area contributed by atoms with Crippen molar-refractivity contribution in [2.45, 2.75) is 21.3 Å². The normalized spacial score (nSPS) is 8.89. The van der Waals surface area contributed by atoms with Gasteiger partial charge in [0.15, 0.2) is 0 Å². The molecule has 0 amide bonds. The Morgan fingerprint density at radius 2 is 0.704 bits per heavy atom. The zero-order chi connectivity index (χ0) is 38.7. The Bertz CT molecular complexity index is 1800. The van der Waals surface area contributed by atoms with E-state index >= 15 is 0 Å². The molecule has 6 aromatic rings. The van der Waals surface area contributed by atoms with Crippen molar-refractivity contribution in [1.29, 1.82) is 0 Å². The molecule has 0 radical (unpaired) electrons. The summed E-state index contributed by atoms with van der Waals surface area (Å²) >= 11 is 3.63. The summed E-state index contributed by atoms with van der Waals surface area (Å²) in [7, 11) is 0. The van der Waals surface area contributed by atoms with Gasteiger partial charge in [0.25, 0.3) is 0 Å². The zero-order valence-electron chi connectivity index (χ0n) is 27.7. The average Bonchev–Trinajstić information content (AvgIpc) is 3.10. The standard InChI is InChI=1S/2C15H12N2S.2Cd.4NO3/c2*1-3-13-4-2-8-17-15(13)14(5-1)18-11-12-6-9-16-10-7-12;;;4*2-1(3)4/h2*1-10H,11H2;;;;;;/q;;2*+2;4*-1. The van der Waals surface area contributed by atoms with E-state index in [9.17, 15) is 0 Å². The second-order valence-electron chi connectivity index (χ2n) is 8.85. The molecule has 2 aromatic carbocycles. The van der Waals surface area contributed by atoms with Gasteiger partial charge in [0.05, 0.1) is 31.4 Å². The summed E-state index contributed by atoms with van der Waals surface area (Å²) in [5, 5.41) is 61.4. The number of hydrogen-bond donors (Lipinski definition) is 0. The molecule has 0 aliphatic rings. The van der Waals surface area contributed by atoms with Crippen LogP contribution in [0.15, 0.2) is 132 Å². The fourth-order valence-electron chi connectivity index (χ4n) is 3.67. The molecule has 0 aliphatic carbocycles. The molecule has 6 rings (SSSR count). The maximum Gasteiger partial charge on any atom is 2.00 e. The van der Waals surface area contributed by atoms with Crippen LogP contribution >= 0.6 is 23.5 Å². The first kappa shape index (κ1) is 51.0. The fourth-order valence-corrected chi connectivity index (χ4v) is 5.66. The Morgan fingerprint density at radius 3 is 1.00 bits per heavy atom. The number of benzene rings is 2. The minimum Gasteiger partial charge on any atom is -0.356 e. The van der Waals surface area contributed by atoms with E-state index in [0.29, 0.717) is 0 Å². The van der Waals surface area contributed by atoms with Crippen LogP contribution in [0.3, 0.4) is 0 Å². The predicted octanol–water partition coefficient (Wildman–Crippen LogP) is 6.88. The van der Waals surface area contributed by atoms with Gasteiger partial charge in [0, 0.05) is 69.3 Å². The Labute approximate surface area is 353 Å². The van der Waals surface area contributed by atoms with Crippen molar-refractivity contribution < 1.29 is 74.9 Å². The summed E-state index contributed by atoms with van der Waals surface area (Å²) < 4.78 is 0. The Kier molecular flexibility index (Phi) is 28.7. The van der Waals surface area contributed by atoms with Crippen LogP contribution in [0.1, 0.15) is 11.1 Å². The van der Waals surface area contributed by atoms with E-state index in [1.807, 2.05) is 97.1 Å². The number of hydrogen-bond acceptors (Lipinski definition) is 18. The molecule has 272 valence electrons. The maximum atomic E-state index is 8.25. The van der Waals surface area contributed by atoms with Gasteiger partial charge in [-0.25, -0.2) is 0 Å². The third-order valence-electron chi connectivity index (χ3n) is 5.48. The number of fused-ring (bicyclic) bond motifs is 2. The van der Waals surface area contributed by atoms with Crippen LogP contribution in [-0.4, -0.2) is 40.3 Å². The molecule has 54 heavy (non-hydrogen) atoms. The van der Waals surface area contributed by atoms with Gasteiger partial charge < -0.3 is 61.3 Å². The number of para-hydroxylation sites is 2. The molecule has 0 atom stereocenters. The third kappa shape index (κ3) is 25.0. The van der Waals surface area contributed by atoms with Crippen molar-refractivity contribution in [3.05, 3.63) is 195 Å². The van der Waals surface area contributed by atoms with Crippen LogP contribution < -0.4 is 0 Å². The first-order chi connectivity index (χ1) is 24.8. The number of nitrogens with zero attached hydrogens (tertiary/aromatic N) is 8. The predicted molar refractivity (Wildman–Crippen MR) is 193 cm³/mol. The molecular formula is C30H24Cd2N8O12S2. The number of thioether (sulfide) groups is 2. The Balaban J connectivity index is 0. The first-order valence-corrected chi connectivity index (χ1v) is 15.7. The molecule has 0 saturated heterocycles. The van der Waals surface area contributed by atoms with Crippen molar-refractivity contribution in [3.63, 3.8) is 0 Å². The van der Waals surface area contributed by atoms with Crippen LogP contribution in [0.2, 0.25) is 0 Å². The SMILES string of the molecule is O=[N+]([O-])[O-].O=[N+]([O-])[O-].O=[N+]([O-])[O-].O=[N+]([O-])[O-].[Cd+2].[Cd+2].c1cnc2c(SCc3ccncc3)cccc2c1.c1cnc2c(SCc3ccncc3)cccc2c1. The summed E-state index contributed by atoms with van der Waals surface area (Å²) in [6, 6.07) is 28.9. The summed E-state index contributed by atoms with van der Waals surface area (Å²) in [5.41, 5.74) is 4.73. The minimum absolute atomic E-state index is 0. The number of pyridine rings is 4. The second-order valence-corrected chi connectivity index (χ2v) is 10.9. The maximum absolute atomic E-state index is 8.25. The van der Waals surface area contributed by atoms with Gasteiger partial charge in [-0.15, -0.1) is 23.5 Å². The van der Waals surface area contributed by atoms with Gasteiger partial charge in [-0.1, -0.05) is 36.4 Å². The molecule has 0 unspecified atom stereocenters. The van der Waals surface area contributed by atoms with E-state index in [2.05, 4.69) is 68.5 Å². The number of rotatable bonds is 6. The largest absolute Gasteiger partial charge is 2.00 e. The van der Waals surface area contributed by atoms with Crippen LogP contribution in [-0.2, 0) is 66.1 Å². The van der Waals surface area contributed by atoms with Gasteiger partial charge >= 0.3 is 54.6 Å². The van der Waals surface area contributed by atoms with Gasteiger partial charge in [0.1, 0.15) is 0 Å². The molecule has 4 heterocycles. The van der Waals surface area contributed by atoms with E-state index in [4.69, 9.17) is 61.3 Å². The van der Waals surface area contributed by atoms with E-state index in [1.54, 1.807) is 0 Å². The smallest absolute Gasteiger partial charge is 0.356 e. The summed E-state index contributed by atoms with van der Waals surface area (Å²) in [6.07, 6.45) is 11.0. The van der Waals surface area contributed by atoms with E-state index in [-0.39, 0.29) is 54.6 Å². The van der Waals surface area contributed by atoms with Crippen molar-refractivity contribution in [1.82, 2.24) is 19.9 Å². The van der Waals surface area contributed by atoms with Crippen LogP contribution in [0.4, 0.5) is 0 Å². The second kappa shape index (κ2) is 30.4. The molecule has 0 bridgehead atoms. The number of aromatic nitrogens is 4. The van der Waals surface area contributed by atoms with Crippen LogP contribution in [0, 0.1) is 61.3 Å². The van der Waals surface area contributed by atoms with Gasteiger partial charge in [0.2, 0.25) is 0 Å². The summed E-state index contributed by atoms with van der Waals surface area (Å²) in [5.74, 6) is 1.89. The van der Waals surface area contributed by atoms with Crippen LogP contribution in [0.25, 0.3) is 21.8 Å². The van der Waals surface area contributed by atoms with E-state index in [0.717, 1.165) is 22.5 Å². The molecule has 0 fully saturated rings. The molecule has 0 spiro atoms. The molecule has 4 aromatic heterocycles. The minimum atomic E-state index is -1.75. The van der Waals surface area contributed by atoms with Crippen molar-refractivity contribution in [2.75, 3.05) is 0 Å². The Morgan fingerprint density at radius 1 is 0.426 bits per heavy atom. The molecule has 0 aliphatic heterocycles. The molecule has 0 N–H and O–H groups in total. The monoisotopic (exact) mass is 980 g/mol. The topological polar surface area (TPSA) is 316 Å². The van der Waals surface area contributed by atoms with Crippen molar-refractivity contribution >= 4 is 45.3 Å². The van der Waals surface area contributed by atoms with Gasteiger partial charge in [-0.05, 0) is 59.7 Å². The van der Waals surface area contributed by atoms with Gasteiger partial charge in [-0.2, -0.15) is 0 Å². The van der Waals surface area contributed by atoms with E-state index in [1.165, 1.54) is 31.7 Å². The summed E-state index contributed by atoms with van der Waals surface area (Å²) in [4.78, 5) is 52.4. The zero-order valence-corrected chi connectivity index (χ0v) is 37.4. The summed E-state index contributed by atoms with van der Waals surface area (Å²) in [6.45, 7) is 0. The Hall–Kier alpha value is -5.10.